The van der Waals surface area contributed by atoms with Crippen LogP contribution in [-0.4, -0.2) is 31.5 Å². The molecule has 0 aliphatic carbocycles. The number of H-pyrrole nitrogens is 1. The van der Waals surface area contributed by atoms with E-state index in [1.165, 1.54) is 0 Å². The first-order chi connectivity index (χ1) is 14.7. The lowest BCUT2D eigenvalue weighted by molar-refractivity contribution is 0.0434. The maximum Gasteiger partial charge on any atom is 0.359 e. The van der Waals surface area contributed by atoms with Crippen LogP contribution in [0.25, 0.3) is 33.6 Å². The fourth-order valence-electron chi connectivity index (χ4n) is 3.14. The largest absolute Gasteiger partial charge is 0.451 e. The Morgan fingerprint density at radius 1 is 1.07 bits per heavy atom. The third-order valence-corrected chi connectivity index (χ3v) is 4.58. The van der Waals surface area contributed by atoms with Crippen molar-refractivity contribution >= 4 is 16.9 Å². The third-order valence-electron chi connectivity index (χ3n) is 4.58. The van der Waals surface area contributed by atoms with Crippen LogP contribution < -0.4 is 0 Å². The Morgan fingerprint density at radius 3 is 2.73 bits per heavy atom. The van der Waals surface area contributed by atoms with E-state index in [1.807, 2.05) is 48.5 Å². The van der Waals surface area contributed by atoms with Gasteiger partial charge in [0.2, 0.25) is 0 Å². The number of aryl methyl sites for hydroxylation is 1. The number of rotatable bonds is 5. The van der Waals surface area contributed by atoms with Gasteiger partial charge in [-0.15, -0.1) is 10.2 Å². The smallest absolute Gasteiger partial charge is 0.359 e. The van der Waals surface area contributed by atoms with Crippen molar-refractivity contribution in [3.63, 3.8) is 0 Å². The molecule has 0 aliphatic heterocycles. The number of fused-ring (bicyclic) bond motifs is 1. The van der Waals surface area contributed by atoms with E-state index in [1.54, 1.807) is 13.0 Å². The maximum atomic E-state index is 12.4. The molecule has 0 aliphatic rings. The topological polar surface area (TPSA) is 120 Å². The van der Waals surface area contributed by atoms with Crippen molar-refractivity contribution in [1.29, 1.82) is 0 Å². The number of hydrogen-bond acceptors (Lipinski definition) is 8. The number of hydrogen-bond donors (Lipinski definition) is 1. The van der Waals surface area contributed by atoms with Crippen LogP contribution in [0, 0.1) is 6.92 Å². The van der Waals surface area contributed by atoms with Crippen LogP contribution in [-0.2, 0) is 11.3 Å². The van der Waals surface area contributed by atoms with Crippen molar-refractivity contribution in [2.45, 2.75) is 13.5 Å². The number of aromatic nitrogens is 5. The number of para-hydroxylation sites is 1. The number of aromatic amines is 1. The number of esters is 1. The van der Waals surface area contributed by atoms with E-state index in [0.717, 1.165) is 11.1 Å². The summed E-state index contributed by atoms with van der Waals surface area (Å²) in [4.78, 5) is 12.4. The molecule has 0 unspecified atom stereocenters. The summed E-state index contributed by atoms with van der Waals surface area (Å²) < 4.78 is 16.3. The highest BCUT2D eigenvalue weighted by molar-refractivity contribution is 6.01. The molecule has 30 heavy (non-hydrogen) atoms. The van der Waals surface area contributed by atoms with Gasteiger partial charge in [-0.1, -0.05) is 53.7 Å². The molecular formula is C21H15N5O4. The van der Waals surface area contributed by atoms with E-state index in [0.29, 0.717) is 22.4 Å². The fourth-order valence-corrected chi connectivity index (χ4v) is 3.14. The Kier molecular flexibility index (Phi) is 4.32. The predicted molar refractivity (Wildman–Crippen MR) is 105 cm³/mol. The van der Waals surface area contributed by atoms with Crippen LogP contribution >= 0.6 is 0 Å². The minimum atomic E-state index is -0.585. The molecule has 148 valence electrons. The lowest BCUT2D eigenvalue weighted by Gasteiger charge is -2.00. The lowest BCUT2D eigenvalue weighted by Crippen LogP contribution is -2.06. The zero-order valence-electron chi connectivity index (χ0n) is 15.8. The minimum Gasteiger partial charge on any atom is -0.451 e. The average molecular weight is 401 g/mol. The van der Waals surface area contributed by atoms with E-state index in [-0.39, 0.29) is 24.1 Å². The second kappa shape index (κ2) is 7.28. The van der Waals surface area contributed by atoms with Crippen molar-refractivity contribution < 1.29 is 18.5 Å². The second-order valence-electron chi connectivity index (χ2n) is 6.52. The minimum absolute atomic E-state index is 0.151. The molecule has 3 aromatic heterocycles. The summed E-state index contributed by atoms with van der Waals surface area (Å²) in [6.07, 6.45) is 0. The first-order valence-corrected chi connectivity index (χ1v) is 9.15. The van der Waals surface area contributed by atoms with E-state index in [2.05, 4.69) is 25.6 Å². The molecule has 0 amide bonds. The van der Waals surface area contributed by atoms with E-state index >= 15 is 0 Å². The first kappa shape index (κ1) is 17.8. The summed E-state index contributed by atoms with van der Waals surface area (Å²) in [6, 6.07) is 16.8. The highest BCUT2D eigenvalue weighted by Crippen LogP contribution is 2.33. The number of carbonyl (C=O) groups excluding carboxylic acids is 1. The number of carbonyl (C=O) groups is 1. The summed E-state index contributed by atoms with van der Waals surface area (Å²) in [5.74, 6) is 0.351. The van der Waals surface area contributed by atoms with Crippen LogP contribution in [0.2, 0.25) is 0 Å². The van der Waals surface area contributed by atoms with Gasteiger partial charge in [0.1, 0.15) is 17.0 Å². The van der Waals surface area contributed by atoms with Crippen molar-refractivity contribution in [1.82, 2.24) is 25.6 Å². The summed E-state index contributed by atoms with van der Waals surface area (Å²) in [5.41, 5.74) is 3.02. The number of nitrogens with zero attached hydrogens (tertiary/aromatic N) is 4. The highest BCUT2D eigenvalue weighted by atomic mass is 16.5. The van der Waals surface area contributed by atoms with E-state index < -0.39 is 5.97 Å². The molecule has 5 rings (SSSR count). The van der Waals surface area contributed by atoms with Gasteiger partial charge in [-0.05, 0) is 13.0 Å². The van der Waals surface area contributed by atoms with E-state index in [4.69, 9.17) is 13.7 Å². The number of benzene rings is 2. The molecule has 0 fully saturated rings. The Labute approximate surface area is 169 Å². The van der Waals surface area contributed by atoms with Crippen LogP contribution in [0.1, 0.15) is 22.1 Å². The fraction of sp³-hybridized carbons (Fsp3) is 0.0952. The Bertz CT molecular complexity index is 1340. The highest BCUT2D eigenvalue weighted by Gasteiger charge is 2.23. The van der Waals surface area contributed by atoms with Crippen LogP contribution in [0.15, 0.2) is 63.5 Å². The second-order valence-corrected chi connectivity index (χ2v) is 6.52. The summed E-state index contributed by atoms with van der Waals surface area (Å²) in [7, 11) is 0. The molecule has 0 atom stereocenters. The molecular weight excluding hydrogens is 386 g/mol. The molecule has 9 nitrogen and oxygen atoms in total. The average Bonchev–Trinajstić information content (AvgIpc) is 3.50. The Balaban J connectivity index is 1.36. The van der Waals surface area contributed by atoms with Crippen molar-refractivity contribution in [2.75, 3.05) is 0 Å². The monoisotopic (exact) mass is 401 g/mol. The number of ether oxygens (including phenoxy) is 1. The predicted octanol–water partition coefficient (Wildman–Crippen LogP) is 3.93. The standard InChI is InChI=1S/C21H15N5O4/c1-12-17(18(26-30-12)13-7-3-2-4-8-13)20-25-23-16(29-20)11-28-21(27)19-14-9-5-6-10-15(14)22-24-19/h2-10H,11H2,1H3,(H,22,24). The molecule has 0 spiro atoms. The molecule has 0 saturated carbocycles. The zero-order valence-corrected chi connectivity index (χ0v) is 15.8. The molecule has 3 heterocycles. The summed E-state index contributed by atoms with van der Waals surface area (Å²) >= 11 is 0. The SMILES string of the molecule is Cc1onc(-c2ccccc2)c1-c1nnc(COC(=O)c2n[nH]c3ccccc23)o1. The van der Waals surface area contributed by atoms with Crippen molar-refractivity contribution in [3.8, 4) is 22.7 Å². The van der Waals surface area contributed by atoms with Gasteiger partial charge in [-0.2, -0.15) is 5.10 Å². The van der Waals surface area contributed by atoms with Crippen molar-refractivity contribution in [2.24, 2.45) is 0 Å². The van der Waals surface area contributed by atoms with Gasteiger partial charge in [-0.25, -0.2) is 4.79 Å². The van der Waals surface area contributed by atoms with Gasteiger partial charge in [-0.3, -0.25) is 5.10 Å². The molecule has 0 saturated heterocycles. The van der Waals surface area contributed by atoms with Gasteiger partial charge < -0.3 is 13.7 Å². The third kappa shape index (κ3) is 3.12. The summed E-state index contributed by atoms with van der Waals surface area (Å²) in [5, 5.41) is 19.7. The molecule has 5 aromatic rings. The molecule has 9 heteroatoms. The van der Waals surface area contributed by atoms with Gasteiger partial charge >= 0.3 is 5.97 Å². The molecule has 1 N–H and O–H groups in total. The quantitative estimate of drug-likeness (QED) is 0.440. The van der Waals surface area contributed by atoms with Crippen molar-refractivity contribution in [3.05, 3.63) is 71.9 Å². The van der Waals surface area contributed by atoms with Gasteiger partial charge in [0, 0.05) is 10.9 Å². The summed E-state index contributed by atoms with van der Waals surface area (Å²) in [6.45, 7) is 1.58. The van der Waals surface area contributed by atoms with Gasteiger partial charge in [0.05, 0.1) is 5.52 Å². The number of nitrogens with one attached hydrogen (secondary N) is 1. The lowest BCUT2D eigenvalue weighted by atomic mass is 10.1. The van der Waals surface area contributed by atoms with Gasteiger partial charge in [0.25, 0.3) is 11.8 Å². The van der Waals surface area contributed by atoms with Gasteiger partial charge in [0.15, 0.2) is 12.3 Å². The van der Waals surface area contributed by atoms with Crippen LogP contribution in [0.4, 0.5) is 0 Å². The molecule has 2 aromatic carbocycles. The Morgan fingerprint density at radius 2 is 1.87 bits per heavy atom. The maximum absolute atomic E-state index is 12.4. The zero-order chi connectivity index (χ0) is 20.5. The molecule has 0 bridgehead atoms. The Hall–Kier alpha value is -4.27. The van der Waals surface area contributed by atoms with E-state index in [9.17, 15) is 4.79 Å². The van der Waals surface area contributed by atoms with Crippen LogP contribution in [0.5, 0.6) is 0 Å². The van der Waals surface area contributed by atoms with Crippen LogP contribution in [0.3, 0.4) is 0 Å². The molecule has 0 radical (unpaired) electrons. The normalized spacial score (nSPS) is 11.1. The first-order valence-electron chi connectivity index (χ1n) is 9.15.